The highest BCUT2D eigenvalue weighted by Crippen LogP contribution is 2.34. The molecule has 0 radical (unpaired) electrons. The van der Waals surface area contributed by atoms with Crippen LogP contribution in [0.25, 0.3) is 10.2 Å². The fourth-order valence-electron chi connectivity index (χ4n) is 3.53. The minimum Gasteiger partial charge on any atom is -0.302 e. The van der Waals surface area contributed by atoms with Crippen molar-refractivity contribution in [2.24, 2.45) is 5.92 Å². The highest BCUT2D eigenvalue weighted by molar-refractivity contribution is 7.97. The Morgan fingerprint density at radius 3 is 2.76 bits per heavy atom. The van der Waals surface area contributed by atoms with Gasteiger partial charge in [0.1, 0.15) is 5.82 Å². The van der Waals surface area contributed by atoms with Gasteiger partial charge in [-0.05, 0) is 74.0 Å². The molecule has 1 N–H and O–H groups in total. The van der Waals surface area contributed by atoms with Gasteiger partial charge in [-0.25, -0.2) is 13.7 Å². The fraction of sp³-hybridized carbons (Fsp3) is 0.333. The molecule has 152 valence electrons. The average Bonchev–Trinajstić information content (AvgIpc) is 3.07. The number of amides is 1. The zero-order chi connectivity index (χ0) is 20.5. The van der Waals surface area contributed by atoms with E-state index in [0.717, 1.165) is 46.6 Å². The van der Waals surface area contributed by atoms with E-state index in [4.69, 9.17) is 11.6 Å². The van der Waals surface area contributed by atoms with Crippen molar-refractivity contribution in [2.45, 2.75) is 31.6 Å². The molecule has 1 aromatic heterocycles. The summed E-state index contributed by atoms with van der Waals surface area (Å²) in [7, 11) is 0. The van der Waals surface area contributed by atoms with Crippen molar-refractivity contribution in [3.63, 3.8) is 0 Å². The highest BCUT2D eigenvalue weighted by atomic mass is 35.5. The number of nitrogens with zero attached hydrogens (tertiary/aromatic N) is 2. The minimum absolute atomic E-state index is 0.0305. The van der Waals surface area contributed by atoms with Gasteiger partial charge in [-0.2, -0.15) is 0 Å². The molecule has 0 unspecified atom stereocenters. The van der Waals surface area contributed by atoms with Gasteiger partial charge in [0, 0.05) is 23.9 Å². The maximum atomic E-state index is 13.2. The zero-order valence-electron chi connectivity index (χ0n) is 16.2. The molecule has 3 aromatic rings. The number of piperidine rings is 1. The maximum Gasteiger partial charge on any atom is 0.229 e. The number of thiazole rings is 1. The summed E-state index contributed by atoms with van der Waals surface area (Å²) in [6, 6.07) is 8.64. The topological polar surface area (TPSA) is 45.2 Å². The van der Waals surface area contributed by atoms with Crippen molar-refractivity contribution in [1.82, 2.24) is 9.29 Å². The number of fused-ring (bicyclic) bond motifs is 1. The predicted molar refractivity (Wildman–Crippen MR) is 119 cm³/mol. The molecule has 1 aliphatic rings. The first-order valence-electron chi connectivity index (χ1n) is 9.45. The summed E-state index contributed by atoms with van der Waals surface area (Å²) in [5.41, 5.74) is 3.28. The van der Waals surface area contributed by atoms with Gasteiger partial charge in [-0.1, -0.05) is 29.0 Å². The summed E-state index contributed by atoms with van der Waals surface area (Å²) in [4.78, 5) is 18.2. The van der Waals surface area contributed by atoms with Crippen LogP contribution < -0.4 is 5.32 Å². The number of nitrogens with one attached hydrogen (secondary N) is 1. The molecule has 0 saturated carbocycles. The van der Waals surface area contributed by atoms with Crippen LogP contribution in [0, 0.1) is 25.6 Å². The highest BCUT2D eigenvalue weighted by Gasteiger charge is 2.26. The maximum absolute atomic E-state index is 13.2. The number of aromatic nitrogens is 1. The van der Waals surface area contributed by atoms with Crippen molar-refractivity contribution in [3.8, 4) is 0 Å². The quantitative estimate of drug-likeness (QED) is 0.491. The Morgan fingerprint density at radius 2 is 2.03 bits per heavy atom. The van der Waals surface area contributed by atoms with Crippen molar-refractivity contribution < 1.29 is 9.18 Å². The van der Waals surface area contributed by atoms with Gasteiger partial charge in [0.25, 0.3) is 0 Å². The molecule has 4 nitrogen and oxygen atoms in total. The summed E-state index contributed by atoms with van der Waals surface area (Å²) in [5, 5.41) is 4.08. The van der Waals surface area contributed by atoms with E-state index in [1.165, 1.54) is 41.0 Å². The number of halogens is 2. The number of aryl methyl sites for hydroxylation is 2. The lowest BCUT2D eigenvalue weighted by molar-refractivity contribution is -0.120. The van der Waals surface area contributed by atoms with Crippen LogP contribution in [0.5, 0.6) is 0 Å². The summed E-state index contributed by atoms with van der Waals surface area (Å²) in [6.07, 6.45) is 1.53. The number of hydrogen-bond donors (Lipinski definition) is 1. The molecule has 4 rings (SSSR count). The van der Waals surface area contributed by atoms with Crippen molar-refractivity contribution in [1.29, 1.82) is 0 Å². The van der Waals surface area contributed by atoms with Gasteiger partial charge in [0.2, 0.25) is 5.91 Å². The summed E-state index contributed by atoms with van der Waals surface area (Å²) in [5.74, 6) is -0.344. The molecule has 1 amide bonds. The molecule has 2 heterocycles. The van der Waals surface area contributed by atoms with E-state index in [2.05, 4.69) is 33.7 Å². The molecule has 0 spiro atoms. The first-order chi connectivity index (χ1) is 13.9. The molecule has 0 atom stereocenters. The lowest BCUT2D eigenvalue weighted by atomic mass is 9.97. The number of anilines is 1. The number of carbonyl (C=O) groups is 1. The van der Waals surface area contributed by atoms with E-state index in [9.17, 15) is 9.18 Å². The number of benzene rings is 2. The number of hydrogen-bond acceptors (Lipinski definition) is 5. The summed E-state index contributed by atoms with van der Waals surface area (Å²) in [6.45, 7) is 5.65. The third-order valence-corrected chi connectivity index (χ3v) is 7.52. The predicted octanol–water partition coefficient (Wildman–Crippen LogP) is 6.06. The Labute approximate surface area is 182 Å². The Bertz CT molecular complexity index is 1060. The van der Waals surface area contributed by atoms with Crippen LogP contribution in [0.15, 0.2) is 35.2 Å². The van der Waals surface area contributed by atoms with Crippen LogP contribution in [0.1, 0.15) is 24.0 Å². The van der Waals surface area contributed by atoms with Crippen LogP contribution in [-0.2, 0) is 4.79 Å². The smallest absolute Gasteiger partial charge is 0.229 e. The van der Waals surface area contributed by atoms with E-state index in [1.54, 1.807) is 6.07 Å². The first-order valence-corrected chi connectivity index (χ1v) is 11.4. The molecule has 1 saturated heterocycles. The van der Waals surface area contributed by atoms with Crippen LogP contribution in [0.4, 0.5) is 9.52 Å². The summed E-state index contributed by atoms with van der Waals surface area (Å²) < 4.78 is 16.5. The van der Waals surface area contributed by atoms with Gasteiger partial charge in [-0.15, -0.1) is 0 Å². The zero-order valence-corrected chi connectivity index (χ0v) is 18.6. The molecule has 0 bridgehead atoms. The van der Waals surface area contributed by atoms with Crippen molar-refractivity contribution in [2.75, 3.05) is 18.4 Å². The standard InChI is InChI=1S/C21H21ClFN3OS2/c1-12-9-13(2)19-18(10-12)28-21(24-19)25-20(27)14-5-7-26(8-6-14)29-17-4-3-15(23)11-16(17)22/h3-4,9-11,14H,5-8H2,1-2H3,(H,24,25,27). The van der Waals surface area contributed by atoms with Crippen molar-refractivity contribution >= 4 is 56.1 Å². The van der Waals surface area contributed by atoms with Crippen molar-refractivity contribution in [3.05, 3.63) is 52.3 Å². The normalized spacial score (nSPS) is 15.7. The molecule has 29 heavy (non-hydrogen) atoms. The lowest BCUT2D eigenvalue weighted by Crippen LogP contribution is -2.34. The Balaban J connectivity index is 1.35. The second-order valence-electron chi connectivity index (χ2n) is 7.31. The number of carbonyl (C=O) groups excluding carboxylic acids is 1. The van der Waals surface area contributed by atoms with Crippen LogP contribution in [-0.4, -0.2) is 28.3 Å². The second-order valence-corrected chi connectivity index (χ2v) is 9.88. The molecular weight excluding hydrogens is 429 g/mol. The van der Waals surface area contributed by atoms with E-state index >= 15 is 0 Å². The Hall–Kier alpha value is -1.67. The lowest BCUT2D eigenvalue weighted by Gasteiger charge is -2.30. The second kappa shape index (κ2) is 8.60. The average molecular weight is 450 g/mol. The van der Waals surface area contributed by atoms with Gasteiger partial charge in [0.15, 0.2) is 5.13 Å². The third kappa shape index (κ3) is 4.74. The van der Waals surface area contributed by atoms with E-state index in [0.29, 0.717) is 10.2 Å². The number of rotatable bonds is 4. The molecule has 2 aromatic carbocycles. The van der Waals surface area contributed by atoms with Gasteiger partial charge < -0.3 is 5.32 Å². The monoisotopic (exact) mass is 449 g/mol. The SMILES string of the molecule is Cc1cc(C)c2nc(NC(=O)C3CCN(Sc4ccc(F)cc4Cl)CC3)sc2c1. The largest absolute Gasteiger partial charge is 0.302 e. The minimum atomic E-state index is -0.338. The van der Waals surface area contributed by atoms with Crippen LogP contribution >= 0.6 is 34.9 Å². The van der Waals surface area contributed by atoms with Gasteiger partial charge in [0.05, 0.1) is 15.2 Å². The summed E-state index contributed by atoms with van der Waals surface area (Å²) >= 11 is 9.15. The Morgan fingerprint density at radius 1 is 1.28 bits per heavy atom. The Kier molecular flexibility index (Phi) is 6.11. The van der Waals surface area contributed by atoms with E-state index < -0.39 is 0 Å². The third-order valence-electron chi connectivity index (χ3n) is 5.01. The van der Waals surface area contributed by atoms with Crippen LogP contribution in [0.3, 0.4) is 0 Å². The van der Waals surface area contributed by atoms with Gasteiger partial charge >= 0.3 is 0 Å². The first kappa shape index (κ1) is 20.6. The van der Waals surface area contributed by atoms with E-state index in [1.807, 2.05) is 6.92 Å². The molecular formula is C21H21ClFN3OS2. The molecule has 1 fully saturated rings. The fourth-order valence-corrected chi connectivity index (χ4v) is 5.79. The van der Waals surface area contributed by atoms with Gasteiger partial charge in [-0.3, -0.25) is 4.79 Å². The molecule has 0 aliphatic carbocycles. The molecule has 8 heteroatoms. The molecule has 1 aliphatic heterocycles. The van der Waals surface area contributed by atoms with E-state index in [-0.39, 0.29) is 17.6 Å². The van der Waals surface area contributed by atoms with Crippen LogP contribution in [0.2, 0.25) is 5.02 Å².